The summed E-state index contributed by atoms with van der Waals surface area (Å²) in [7, 11) is 1.99. The summed E-state index contributed by atoms with van der Waals surface area (Å²) in [5, 5.41) is 20.2. The van der Waals surface area contributed by atoms with Crippen molar-refractivity contribution in [1.82, 2.24) is 0 Å². The lowest BCUT2D eigenvalue weighted by atomic mass is 9.97. The van der Waals surface area contributed by atoms with Crippen LogP contribution in [0.25, 0.3) is 6.08 Å². The fraction of sp³-hybridized carbons (Fsp3) is 0.250. The number of nitro benzene ring substituents is 1. The highest BCUT2D eigenvalue weighted by Crippen LogP contribution is 2.35. The first kappa shape index (κ1) is 17.5. The monoisotopic (exact) mass is 349 g/mol. The van der Waals surface area contributed by atoms with Gasteiger partial charge in [-0.15, -0.1) is 0 Å². The van der Waals surface area contributed by atoms with Crippen LogP contribution in [0.5, 0.6) is 5.75 Å². The van der Waals surface area contributed by atoms with Crippen LogP contribution in [0.3, 0.4) is 0 Å². The van der Waals surface area contributed by atoms with Crippen LogP contribution in [-0.4, -0.2) is 18.6 Å². The number of anilines is 1. The summed E-state index contributed by atoms with van der Waals surface area (Å²) in [5.74, 6) is 0.870. The maximum Gasteiger partial charge on any atom is 0.270 e. The van der Waals surface area contributed by atoms with Crippen molar-refractivity contribution < 1.29 is 9.66 Å². The van der Waals surface area contributed by atoms with Crippen molar-refractivity contribution in [3.05, 3.63) is 68.9 Å². The molecule has 0 saturated carbocycles. The fourth-order valence-corrected chi connectivity index (χ4v) is 3.16. The molecule has 0 amide bonds. The molecule has 0 atom stereocenters. The first-order valence-corrected chi connectivity index (χ1v) is 8.42. The maximum absolute atomic E-state index is 10.9. The third-order valence-corrected chi connectivity index (χ3v) is 4.49. The van der Waals surface area contributed by atoms with Gasteiger partial charge in [0.05, 0.1) is 17.1 Å². The van der Waals surface area contributed by atoms with Gasteiger partial charge in [-0.1, -0.05) is 0 Å². The van der Waals surface area contributed by atoms with E-state index >= 15 is 0 Å². The summed E-state index contributed by atoms with van der Waals surface area (Å²) < 4.78 is 5.57. The van der Waals surface area contributed by atoms with Crippen molar-refractivity contribution in [2.45, 2.75) is 19.8 Å². The van der Waals surface area contributed by atoms with Crippen LogP contribution >= 0.6 is 0 Å². The fourth-order valence-electron chi connectivity index (χ4n) is 3.16. The van der Waals surface area contributed by atoms with Crippen molar-refractivity contribution in [2.75, 3.05) is 18.6 Å². The van der Waals surface area contributed by atoms with E-state index in [9.17, 15) is 15.4 Å². The number of fused-ring (bicyclic) bond motifs is 1. The zero-order valence-corrected chi connectivity index (χ0v) is 14.7. The zero-order valence-electron chi connectivity index (χ0n) is 14.7. The van der Waals surface area contributed by atoms with Crippen LogP contribution in [-0.2, 0) is 6.42 Å². The van der Waals surface area contributed by atoms with E-state index in [1.165, 1.54) is 17.7 Å². The minimum Gasteiger partial charge on any atom is -0.494 e. The van der Waals surface area contributed by atoms with E-state index in [1.54, 1.807) is 6.07 Å². The minimum absolute atomic E-state index is 0.0745. The maximum atomic E-state index is 10.9. The third kappa shape index (κ3) is 3.38. The molecule has 132 valence electrons. The van der Waals surface area contributed by atoms with E-state index < -0.39 is 4.92 Å². The number of rotatable bonds is 4. The number of nitriles is 1. The SMILES string of the molecule is CCOc1ccc2c(c1)CC/C(=C\c1ccc([N+](=O)[O-])cc1C#N)N2C. The second-order valence-corrected chi connectivity index (χ2v) is 6.06. The number of non-ortho nitro benzene ring substituents is 1. The molecule has 0 spiro atoms. The number of benzene rings is 2. The van der Waals surface area contributed by atoms with Gasteiger partial charge in [-0.05, 0) is 61.2 Å². The van der Waals surface area contributed by atoms with Gasteiger partial charge in [0.1, 0.15) is 11.8 Å². The van der Waals surface area contributed by atoms with Crippen molar-refractivity contribution in [2.24, 2.45) is 0 Å². The number of ether oxygens (including phenoxy) is 1. The quantitative estimate of drug-likeness (QED) is 0.608. The molecule has 6 nitrogen and oxygen atoms in total. The standard InChI is InChI=1S/C20H19N3O3/c1-3-26-19-8-9-20-15(12-19)5-6-17(22(20)2)10-14-4-7-18(23(24)25)11-16(14)13-21/h4,7-12H,3,5-6H2,1-2H3/b17-10+. The first-order valence-electron chi connectivity index (χ1n) is 8.42. The van der Waals surface area contributed by atoms with Crippen molar-refractivity contribution in [1.29, 1.82) is 5.26 Å². The van der Waals surface area contributed by atoms with Crippen LogP contribution in [0, 0.1) is 21.4 Å². The van der Waals surface area contributed by atoms with Gasteiger partial charge < -0.3 is 9.64 Å². The molecule has 0 radical (unpaired) electrons. The van der Waals surface area contributed by atoms with Crippen molar-refractivity contribution in [3.63, 3.8) is 0 Å². The van der Waals surface area contributed by atoms with E-state index in [0.717, 1.165) is 30.0 Å². The molecule has 2 aromatic rings. The molecule has 0 aliphatic carbocycles. The van der Waals surface area contributed by atoms with Crippen LogP contribution in [0.4, 0.5) is 11.4 Å². The molecule has 1 aliphatic rings. The zero-order chi connectivity index (χ0) is 18.7. The number of nitro groups is 1. The lowest BCUT2D eigenvalue weighted by molar-refractivity contribution is -0.384. The van der Waals surface area contributed by atoms with E-state index in [1.807, 2.05) is 32.2 Å². The average molecular weight is 349 g/mol. The molecule has 0 N–H and O–H groups in total. The van der Waals surface area contributed by atoms with Crippen molar-refractivity contribution >= 4 is 17.5 Å². The highest BCUT2D eigenvalue weighted by atomic mass is 16.6. The van der Waals surface area contributed by atoms with Crippen LogP contribution in [0.1, 0.15) is 30.0 Å². The highest BCUT2D eigenvalue weighted by molar-refractivity contribution is 5.70. The van der Waals surface area contributed by atoms with E-state index in [-0.39, 0.29) is 5.69 Å². The number of hydrogen-bond donors (Lipinski definition) is 0. The molecule has 1 aliphatic heterocycles. The second kappa shape index (κ2) is 7.28. The van der Waals surface area contributed by atoms with E-state index in [4.69, 9.17) is 4.74 Å². The lowest BCUT2D eigenvalue weighted by Gasteiger charge is -2.31. The Morgan fingerprint density at radius 2 is 2.12 bits per heavy atom. The number of nitrogens with zero attached hydrogens (tertiary/aromatic N) is 3. The number of allylic oxidation sites excluding steroid dienone is 1. The Labute approximate surface area is 152 Å². The Bertz CT molecular complexity index is 928. The summed E-state index contributed by atoms with van der Waals surface area (Å²) in [4.78, 5) is 12.5. The Morgan fingerprint density at radius 3 is 2.81 bits per heavy atom. The largest absolute Gasteiger partial charge is 0.494 e. The molecular weight excluding hydrogens is 330 g/mol. The Morgan fingerprint density at radius 1 is 1.31 bits per heavy atom. The van der Waals surface area contributed by atoms with Crippen molar-refractivity contribution in [3.8, 4) is 11.8 Å². The summed E-state index contributed by atoms with van der Waals surface area (Å²) in [6.07, 6.45) is 3.63. The Kier molecular flexibility index (Phi) is 4.90. The average Bonchev–Trinajstić information content (AvgIpc) is 2.64. The topological polar surface area (TPSA) is 79.4 Å². The lowest BCUT2D eigenvalue weighted by Crippen LogP contribution is -2.22. The summed E-state index contributed by atoms with van der Waals surface area (Å²) in [6, 6.07) is 12.5. The molecule has 0 bridgehead atoms. The molecule has 0 unspecified atom stereocenters. The molecule has 0 fully saturated rings. The molecule has 1 heterocycles. The summed E-state index contributed by atoms with van der Waals surface area (Å²) in [5.41, 5.74) is 4.31. The molecule has 6 heteroatoms. The first-order chi connectivity index (χ1) is 12.5. The molecule has 0 aromatic heterocycles. The molecule has 0 saturated heterocycles. The molecule has 26 heavy (non-hydrogen) atoms. The molecule has 3 rings (SSSR count). The van der Waals surface area contributed by atoms with Gasteiger partial charge in [0, 0.05) is 30.6 Å². The summed E-state index contributed by atoms with van der Waals surface area (Å²) in [6.45, 7) is 2.60. The molecular formula is C20H19N3O3. The van der Waals surface area contributed by atoms with Gasteiger partial charge in [0.2, 0.25) is 0 Å². The normalized spacial score (nSPS) is 14.7. The van der Waals surface area contributed by atoms with Gasteiger partial charge in [-0.2, -0.15) is 5.26 Å². The molecule has 2 aromatic carbocycles. The summed E-state index contributed by atoms with van der Waals surface area (Å²) >= 11 is 0. The van der Waals surface area contributed by atoms with Gasteiger partial charge in [-0.25, -0.2) is 0 Å². The van der Waals surface area contributed by atoms with E-state index in [2.05, 4.69) is 17.0 Å². The van der Waals surface area contributed by atoms with Crippen LogP contribution in [0.2, 0.25) is 0 Å². The predicted molar refractivity (Wildman–Crippen MR) is 100 cm³/mol. The third-order valence-electron chi connectivity index (χ3n) is 4.49. The van der Waals surface area contributed by atoms with Crippen LogP contribution in [0.15, 0.2) is 42.1 Å². The smallest absolute Gasteiger partial charge is 0.270 e. The highest BCUT2D eigenvalue weighted by Gasteiger charge is 2.19. The van der Waals surface area contributed by atoms with Gasteiger partial charge in [0.15, 0.2) is 0 Å². The van der Waals surface area contributed by atoms with Gasteiger partial charge >= 0.3 is 0 Å². The Balaban J connectivity index is 1.94. The number of aryl methyl sites for hydroxylation is 1. The Hall–Kier alpha value is -3.33. The van der Waals surface area contributed by atoms with Crippen LogP contribution < -0.4 is 9.64 Å². The van der Waals surface area contributed by atoms with Gasteiger partial charge in [-0.3, -0.25) is 10.1 Å². The second-order valence-electron chi connectivity index (χ2n) is 6.06. The van der Waals surface area contributed by atoms with E-state index in [0.29, 0.717) is 17.7 Å². The number of hydrogen-bond acceptors (Lipinski definition) is 5. The predicted octanol–water partition coefficient (Wildman–Crippen LogP) is 4.29. The van der Waals surface area contributed by atoms with Gasteiger partial charge in [0.25, 0.3) is 5.69 Å². The minimum atomic E-state index is -0.489.